The monoisotopic (exact) mass is 340 g/mol. The number of amides is 1. The summed E-state index contributed by atoms with van der Waals surface area (Å²) in [6.45, 7) is 6.85. The molecule has 0 radical (unpaired) electrons. The normalized spacial score (nSPS) is 12.0. The molecule has 0 aliphatic rings. The van der Waals surface area contributed by atoms with Gasteiger partial charge < -0.3 is 15.3 Å². The Hall–Kier alpha value is -2.33. The van der Waals surface area contributed by atoms with Crippen molar-refractivity contribution in [2.24, 2.45) is 0 Å². The fraction of sp³-hybridized carbons (Fsp3) is 0.381. The number of carbonyl (C=O) groups is 1. The molecule has 2 aromatic carbocycles. The number of carbonyl (C=O) groups excluding carboxylic acids is 1. The molecule has 0 fully saturated rings. The lowest BCUT2D eigenvalue weighted by Crippen LogP contribution is -2.38. The van der Waals surface area contributed by atoms with Gasteiger partial charge in [-0.1, -0.05) is 51.1 Å². The first-order chi connectivity index (χ1) is 12.0. The van der Waals surface area contributed by atoms with Gasteiger partial charge in [-0.15, -0.1) is 0 Å². The van der Waals surface area contributed by atoms with Gasteiger partial charge in [-0.3, -0.25) is 4.79 Å². The highest BCUT2D eigenvalue weighted by Gasteiger charge is 2.15. The van der Waals surface area contributed by atoms with Crippen LogP contribution in [0, 0.1) is 0 Å². The first-order valence-electron chi connectivity index (χ1n) is 8.87. The highest BCUT2D eigenvalue weighted by atomic mass is 16.3. The van der Waals surface area contributed by atoms with Crippen molar-refractivity contribution in [2.75, 3.05) is 23.3 Å². The second kappa shape index (κ2) is 9.23. The molecule has 1 amide bonds. The number of rotatable bonds is 8. The molecule has 2 N–H and O–H groups in total. The van der Waals surface area contributed by atoms with Crippen molar-refractivity contribution in [1.29, 1.82) is 0 Å². The predicted octanol–water partition coefficient (Wildman–Crippen LogP) is 4.03. The second-order valence-corrected chi connectivity index (χ2v) is 6.60. The van der Waals surface area contributed by atoms with E-state index >= 15 is 0 Å². The van der Waals surface area contributed by atoms with Gasteiger partial charge >= 0.3 is 0 Å². The molecular weight excluding hydrogens is 312 g/mol. The van der Waals surface area contributed by atoms with Crippen LogP contribution in [0.5, 0.6) is 0 Å². The van der Waals surface area contributed by atoms with E-state index in [0.29, 0.717) is 18.9 Å². The molecule has 134 valence electrons. The van der Waals surface area contributed by atoms with Gasteiger partial charge in [0.2, 0.25) is 5.91 Å². The average molecular weight is 340 g/mol. The summed E-state index contributed by atoms with van der Waals surface area (Å²) >= 11 is 0. The summed E-state index contributed by atoms with van der Waals surface area (Å²) in [5, 5.41) is 12.9. The number of benzene rings is 2. The largest absolute Gasteiger partial charge is 0.391 e. The third-order valence-corrected chi connectivity index (χ3v) is 4.22. The Morgan fingerprint density at radius 2 is 1.72 bits per heavy atom. The highest BCUT2D eigenvalue weighted by Crippen LogP contribution is 2.18. The fourth-order valence-electron chi connectivity index (χ4n) is 2.61. The van der Waals surface area contributed by atoms with Crippen LogP contribution in [0.15, 0.2) is 54.6 Å². The van der Waals surface area contributed by atoms with Gasteiger partial charge in [0.1, 0.15) is 0 Å². The first kappa shape index (κ1) is 19.0. The standard InChI is InChI=1S/C21H28N2O2/c1-4-20(24)14-23(19-8-6-5-7-9-19)15-21(25)22-18-12-10-17(11-13-18)16(2)3/h5-13,16,20,24H,4,14-15H2,1-3H3,(H,22,25). The Morgan fingerprint density at radius 1 is 1.08 bits per heavy atom. The van der Waals surface area contributed by atoms with Crippen LogP contribution in [-0.2, 0) is 4.79 Å². The van der Waals surface area contributed by atoms with Crippen LogP contribution in [-0.4, -0.2) is 30.2 Å². The second-order valence-electron chi connectivity index (χ2n) is 6.60. The van der Waals surface area contributed by atoms with Crippen molar-refractivity contribution in [3.05, 3.63) is 60.2 Å². The van der Waals surface area contributed by atoms with Crippen LogP contribution in [0.4, 0.5) is 11.4 Å². The predicted molar refractivity (Wildman–Crippen MR) is 104 cm³/mol. The maximum atomic E-state index is 12.5. The minimum Gasteiger partial charge on any atom is -0.391 e. The SMILES string of the molecule is CCC(O)CN(CC(=O)Nc1ccc(C(C)C)cc1)c1ccccc1. The van der Waals surface area contributed by atoms with Gasteiger partial charge in [-0.2, -0.15) is 0 Å². The van der Waals surface area contributed by atoms with Crippen molar-refractivity contribution in [2.45, 2.75) is 39.2 Å². The molecule has 1 atom stereocenters. The third kappa shape index (κ3) is 5.91. The Bertz CT molecular complexity index is 653. The molecule has 25 heavy (non-hydrogen) atoms. The fourth-order valence-corrected chi connectivity index (χ4v) is 2.61. The number of aliphatic hydroxyl groups is 1. The molecule has 1 unspecified atom stereocenters. The van der Waals surface area contributed by atoms with Gasteiger partial charge in [-0.05, 0) is 42.2 Å². The van der Waals surface area contributed by atoms with E-state index in [4.69, 9.17) is 0 Å². The number of aliphatic hydroxyl groups excluding tert-OH is 1. The third-order valence-electron chi connectivity index (χ3n) is 4.22. The molecule has 4 nitrogen and oxygen atoms in total. The summed E-state index contributed by atoms with van der Waals surface area (Å²) in [7, 11) is 0. The first-order valence-corrected chi connectivity index (χ1v) is 8.87. The van der Waals surface area contributed by atoms with Crippen molar-refractivity contribution >= 4 is 17.3 Å². The summed E-state index contributed by atoms with van der Waals surface area (Å²) in [6.07, 6.45) is 0.195. The summed E-state index contributed by atoms with van der Waals surface area (Å²) in [4.78, 5) is 14.4. The van der Waals surface area contributed by atoms with Crippen LogP contribution in [0.25, 0.3) is 0 Å². The summed E-state index contributed by atoms with van der Waals surface area (Å²) in [6, 6.07) is 17.6. The van der Waals surface area contributed by atoms with E-state index in [1.54, 1.807) is 0 Å². The summed E-state index contributed by atoms with van der Waals surface area (Å²) in [5.74, 6) is 0.373. The van der Waals surface area contributed by atoms with Crippen LogP contribution >= 0.6 is 0 Å². The topological polar surface area (TPSA) is 52.6 Å². The number of hydrogen-bond acceptors (Lipinski definition) is 3. The van der Waals surface area contributed by atoms with E-state index in [0.717, 1.165) is 11.4 Å². The molecule has 2 aromatic rings. The van der Waals surface area contributed by atoms with Crippen molar-refractivity contribution in [3.8, 4) is 0 Å². The van der Waals surface area contributed by atoms with Gasteiger partial charge in [-0.25, -0.2) is 0 Å². The number of para-hydroxylation sites is 1. The maximum Gasteiger partial charge on any atom is 0.243 e. The Labute approximate surface area is 150 Å². The maximum absolute atomic E-state index is 12.5. The highest BCUT2D eigenvalue weighted by molar-refractivity contribution is 5.94. The van der Waals surface area contributed by atoms with Crippen LogP contribution in [0.2, 0.25) is 0 Å². The summed E-state index contributed by atoms with van der Waals surface area (Å²) < 4.78 is 0. The van der Waals surface area contributed by atoms with Crippen LogP contribution < -0.4 is 10.2 Å². The average Bonchev–Trinajstić information content (AvgIpc) is 2.62. The lowest BCUT2D eigenvalue weighted by Gasteiger charge is -2.26. The molecule has 0 aromatic heterocycles. The molecule has 0 heterocycles. The molecule has 0 saturated heterocycles. The van der Waals surface area contributed by atoms with E-state index in [1.807, 2.05) is 66.4 Å². The zero-order chi connectivity index (χ0) is 18.2. The van der Waals surface area contributed by atoms with Crippen molar-refractivity contribution < 1.29 is 9.90 Å². The van der Waals surface area contributed by atoms with Gasteiger partial charge in [0, 0.05) is 17.9 Å². The number of nitrogens with zero attached hydrogens (tertiary/aromatic N) is 1. The zero-order valence-electron chi connectivity index (χ0n) is 15.3. The lowest BCUT2D eigenvalue weighted by atomic mass is 10.0. The molecule has 0 saturated carbocycles. The van der Waals surface area contributed by atoms with Crippen molar-refractivity contribution in [3.63, 3.8) is 0 Å². The van der Waals surface area contributed by atoms with Gasteiger partial charge in [0.25, 0.3) is 0 Å². The quantitative estimate of drug-likeness (QED) is 0.763. The molecule has 0 aliphatic carbocycles. The van der Waals surface area contributed by atoms with Crippen LogP contribution in [0.1, 0.15) is 38.7 Å². The minimum absolute atomic E-state index is 0.0931. The number of nitrogens with one attached hydrogen (secondary N) is 1. The number of anilines is 2. The molecule has 0 spiro atoms. The molecular formula is C21H28N2O2. The molecule has 0 aliphatic heterocycles. The van der Waals surface area contributed by atoms with E-state index in [2.05, 4.69) is 19.2 Å². The van der Waals surface area contributed by atoms with E-state index in [1.165, 1.54) is 5.56 Å². The molecule has 4 heteroatoms. The van der Waals surface area contributed by atoms with Crippen molar-refractivity contribution in [1.82, 2.24) is 0 Å². The Morgan fingerprint density at radius 3 is 2.28 bits per heavy atom. The Kier molecular flexibility index (Phi) is 7.02. The van der Waals surface area contributed by atoms with Crippen LogP contribution in [0.3, 0.4) is 0 Å². The van der Waals surface area contributed by atoms with E-state index in [-0.39, 0.29) is 12.5 Å². The zero-order valence-corrected chi connectivity index (χ0v) is 15.3. The Balaban J connectivity index is 2.03. The number of hydrogen-bond donors (Lipinski definition) is 2. The molecule has 0 bridgehead atoms. The minimum atomic E-state index is -0.460. The van der Waals surface area contributed by atoms with Gasteiger partial charge in [0.05, 0.1) is 12.6 Å². The lowest BCUT2D eigenvalue weighted by molar-refractivity contribution is -0.115. The molecule has 2 rings (SSSR count). The smallest absolute Gasteiger partial charge is 0.243 e. The van der Waals surface area contributed by atoms with E-state index in [9.17, 15) is 9.90 Å². The van der Waals surface area contributed by atoms with E-state index < -0.39 is 6.10 Å². The van der Waals surface area contributed by atoms with Gasteiger partial charge in [0.15, 0.2) is 0 Å². The summed E-state index contributed by atoms with van der Waals surface area (Å²) in [5.41, 5.74) is 2.97.